The first-order valence-electron chi connectivity index (χ1n) is 12.2. The first kappa shape index (κ1) is 25.2. The summed E-state index contributed by atoms with van der Waals surface area (Å²) in [5, 5.41) is 0. The molecule has 3 aromatic rings. The molecular formula is C29H36N2O3S. The largest absolute Gasteiger partial charge is 0.497 e. The SMILES string of the molecule is COc1ccc(N2CCN(C(=O)c3ccc(CSc4cc(C(C)(C)C)ccc4C)o3)CC2C)cc1. The fourth-order valence-corrected chi connectivity index (χ4v) is 5.36. The van der Waals surface area contributed by atoms with Gasteiger partial charge in [-0.25, -0.2) is 0 Å². The average molecular weight is 493 g/mol. The van der Waals surface area contributed by atoms with E-state index in [1.807, 2.05) is 29.2 Å². The van der Waals surface area contributed by atoms with Crippen molar-refractivity contribution in [2.75, 3.05) is 31.6 Å². The summed E-state index contributed by atoms with van der Waals surface area (Å²) in [6.07, 6.45) is 0. The molecule has 0 radical (unpaired) electrons. The molecule has 6 heteroatoms. The van der Waals surface area contributed by atoms with Crippen molar-refractivity contribution in [1.29, 1.82) is 0 Å². The molecule has 1 unspecified atom stereocenters. The lowest BCUT2D eigenvalue weighted by atomic mass is 9.87. The minimum atomic E-state index is -0.0339. The van der Waals surface area contributed by atoms with Crippen LogP contribution < -0.4 is 9.64 Å². The van der Waals surface area contributed by atoms with Gasteiger partial charge in [0.25, 0.3) is 5.91 Å². The molecule has 1 aliphatic rings. The number of nitrogens with zero attached hydrogens (tertiary/aromatic N) is 2. The van der Waals surface area contributed by atoms with Gasteiger partial charge in [0.15, 0.2) is 5.76 Å². The fraction of sp³-hybridized carbons (Fsp3) is 0.414. The molecule has 2 heterocycles. The van der Waals surface area contributed by atoms with E-state index in [0.717, 1.165) is 23.7 Å². The van der Waals surface area contributed by atoms with E-state index in [4.69, 9.17) is 9.15 Å². The van der Waals surface area contributed by atoms with E-state index >= 15 is 0 Å². The van der Waals surface area contributed by atoms with Gasteiger partial charge in [-0.3, -0.25) is 4.79 Å². The van der Waals surface area contributed by atoms with Crippen LogP contribution in [0.4, 0.5) is 5.69 Å². The fourth-order valence-electron chi connectivity index (χ4n) is 4.40. The second-order valence-corrected chi connectivity index (χ2v) is 11.3. The quantitative estimate of drug-likeness (QED) is 0.366. The van der Waals surface area contributed by atoms with Gasteiger partial charge in [-0.15, -0.1) is 11.8 Å². The standard InChI is InChI=1S/C29H36N2O3S/c1-20-7-8-22(29(3,4)5)17-27(20)35-19-25-13-14-26(34-25)28(32)30-15-16-31(21(2)18-30)23-9-11-24(33-6)12-10-23/h7-14,17,21H,15-16,18-19H2,1-6H3. The van der Waals surface area contributed by atoms with Crippen molar-refractivity contribution in [2.24, 2.45) is 0 Å². The lowest BCUT2D eigenvalue weighted by Gasteiger charge is -2.41. The Morgan fingerprint density at radius 2 is 1.83 bits per heavy atom. The molecular weight excluding hydrogens is 456 g/mol. The van der Waals surface area contributed by atoms with Gasteiger partial charge in [0.1, 0.15) is 11.5 Å². The molecule has 1 aliphatic heterocycles. The Morgan fingerprint density at radius 1 is 1.09 bits per heavy atom. The number of anilines is 1. The third-order valence-corrected chi connectivity index (χ3v) is 7.79. The third-order valence-electron chi connectivity index (χ3n) is 6.62. The number of hydrogen-bond donors (Lipinski definition) is 0. The molecule has 0 spiro atoms. The number of furan rings is 1. The van der Waals surface area contributed by atoms with Crippen molar-refractivity contribution in [1.82, 2.24) is 4.90 Å². The lowest BCUT2D eigenvalue weighted by molar-refractivity contribution is 0.0693. The van der Waals surface area contributed by atoms with Crippen molar-refractivity contribution in [2.45, 2.75) is 56.7 Å². The van der Waals surface area contributed by atoms with Crippen molar-refractivity contribution in [3.63, 3.8) is 0 Å². The summed E-state index contributed by atoms with van der Waals surface area (Å²) in [5.74, 6) is 2.76. The normalized spacial score (nSPS) is 16.5. The first-order valence-corrected chi connectivity index (χ1v) is 13.2. The molecule has 4 rings (SSSR count). The van der Waals surface area contributed by atoms with Crippen LogP contribution in [0.2, 0.25) is 0 Å². The van der Waals surface area contributed by atoms with Gasteiger partial charge in [-0.1, -0.05) is 32.9 Å². The van der Waals surface area contributed by atoms with Gasteiger partial charge in [-0.05, 0) is 72.9 Å². The Hall–Kier alpha value is -2.86. The van der Waals surface area contributed by atoms with Gasteiger partial charge in [-0.2, -0.15) is 0 Å². The highest BCUT2D eigenvalue weighted by molar-refractivity contribution is 7.98. The Balaban J connectivity index is 1.36. The van der Waals surface area contributed by atoms with E-state index < -0.39 is 0 Å². The van der Waals surface area contributed by atoms with E-state index in [9.17, 15) is 4.79 Å². The summed E-state index contributed by atoms with van der Waals surface area (Å²) in [6, 6.07) is 18.7. The molecule has 35 heavy (non-hydrogen) atoms. The number of carbonyl (C=O) groups is 1. The van der Waals surface area contributed by atoms with Crippen LogP contribution in [0.5, 0.6) is 5.75 Å². The second kappa shape index (κ2) is 10.4. The van der Waals surface area contributed by atoms with Crippen LogP contribution in [0, 0.1) is 6.92 Å². The highest BCUT2D eigenvalue weighted by Gasteiger charge is 2.29. The molecule has 1 saturated heterocycles. The monoisotopic (exact) mass is 492 g/mol. The summed E-state index contributed by atoms with van der Waals surface area (Å²) in [7, 11) is 1.67. The summed E-state index contributed by atoms with van der Waals surface area (Å²) in [4.78, 5) is 18.6. The van der Waals surface area contributed by atoms with Gasteiger partial charge < -0.3 is 19.0 Å². The average Bonchev–Trinajstić information content (AvgIpc) is 3.31. The Bertz CT molecular complexity index is 1160. The Kier molecular flexibility index (Phi) is 7.50. The molecule has 1 amide bonds. The maximum Gasteiger partial charge on any atom is 0.289 e. The van der Waals surface area contributed by atoms with E-state index in [1.54, 1.807) is 18.9 Å². The smallest absolute Gasteiger partial charge is 0.289 e. The maximum atomic E-state index is 13.2. The lowest BCUT2D eigenvalue weighted by Crippen LogP contribution is -2.53. The maximum absolute atomic E-state index is 13.2. The summed E-state index contributed by atoms with van der Waals surface area (Å²) in [6.45, 7) is 13.1. The molecule has 2 aromatic carbocycles. The highest BCUT2D eigenvalue weighted by atomic mass is 32.2. The molecule has 0 N–H and O–H groups in total. The zero-order valence-corrected chi connectivity index (χ0v) is 22.4. The van der Waals surface area contributed by atoms with E-state index in [0.29, 0.717) is 24.6 Å². The predicted molar refractivity (Wildman–Crippen MR) is 144 cm³/mol. The van der Waals surface area contributed by atoms with Crippen LogP contribution in [0.3, 0.4) is 0 Å². The van der Waals surface area contributed by atoms with Crippen LogP contribution >= 0.6 is 11.8 Å². The number of rotatable bonds is 6. The van der Waals surface area contributed by atoms with Crippen molar-refractivity contribution >= 4 is 23.4 Å². The van der Waals surface area contributed by atoms with E-state index in [-0.39, 0.29) is 17.4 Å². The highest BCUT2D eigenvalue weighted by Crippen LogP contribution is 2.32. The Labute approximate surface area is 213 Å². The molecule has 186 valence electrons. The number of carbonyl (C=O) groups excluding carboxylic acids is 1. The summed E-state index contributed by atoms with van der Waals surface area (Å²) in [5.41, 5.74) is 3.84. The summed E-state index contributed by atoms with van der Waals surface area (Å²) < 4.78 is 11.3. The van der Waals surface area contributed by atoms with Crippen LogP contribution in [0.25, 0.3) is 0 Å². The number of aryl methyl sites for hydroxylation is 1. The van der Waals surface area contributed by atoms with Crippen LogP contribution in [0.1, 0.15) is 55.1 Å². The number of amides is 1. The van der Waals surface area contributed by atoms with Crippen molar-refractivity contribution in [3.8, 4) is 5.75 Å². The van der Waals surface area contributed by atoms with Gasteiger partial charge >= 0.3 is 0 Å². The number of methoxy groups -OCH3 is 1. The van der Waals surface area contributed by atoms with E-state index in [1.165, 1.54) is 16.0 Å². The number of hydrogen-bond acceptors (Lipinski definition) is 5. The molecule has 1 fully saturated rings. The molecule has 0 aliphatic carbocycles. The minimum absolute atomic E-state index is 0.0339. The molecule has 1 atom stereocenters. The van der Waals surface area contributed by atoms with Crippen LogP contribution in [-0.4, -0.2) is 43.6 Å². The molecule has 0 bridgehead atoms. The van der Waals surface area contributed by atoms with Gasteiger partial charge in [0.2, 0.25) is 0 Å². The number of piperazine rings is 1. The minimum Gasteiger partial charge on any atom is -0.497 e. The van der Waals surface area contributed by atoms with E-state index in [2.05, 4.69) is 69.9 Å². The second-order valence-electron chi connectivity index (χ2n) is 10.3. The zero-order chi connectivity index (χ0) is 25.2. The third kappa shape index (κ3) is 5.87. The van der Waals surface area contributed by atoms with Crippen LogP contribution in [0.15, 0.2) is 63.9 Å². The first-order chi connectivity index (χ1) is 16.7. The number of benzene rings is 2. The van der Waals surface area contributed by atoms with Crippen molar-refractivity contribution < 1.29 is 13.9 Å². The van der Waals surface area contributed by atoms with Crippen molar-refractivity contribution in [3.05, 3.63) is 77.2 Å². The molecule has 1 aromatic heterocycles. The van der Waals surface area contributed by atoms with Gasteiger partial charge in [0, 0.05) is 36.3 Å². The topological polar surface area (TPSA) is 45.9 Å². The molecule has 5 nitrogen and oxygen atoms in total. The Morgan fingerprint density at radius 3 is 2.49 bits per heavy atom. The number of ether oxygens (including phenoxy) is 1. The zero-order valence-electron chi connectivity index (χ0n) is 21.6. The number of thioether (sulfide) groups is 1. The van der Waals surface area contributed by atoms with Crippen LogP contribution in [-0.2, 0) is 11.2 Å². The molecule has 0 saturated carbocycles. The van der Waals surface area contributed by atoms with Gasteiger partial charge in [0.05, 0.1) is 12.9 Å². The summed E-state index contributed by atoms with van der Waals surface area (Å²) >= 11 is 1.76. The predicted octanol–water partition coefficient (Wildman–Crippen LogP) is 6.54.